The molecule has 0 aliphatic heterocycles. The van der Waals surface area contributed by atoms with Gasteiger partial charge >= 0.3 is 0 Å². The van der Waals surface area contributed by atoms with Crippen molar-refractivity contribution in [2.75, 3.05) is 32.7 Å². The highest BCUT2D eigenvalue weighted by molar-refractivity contribution is 5.58. The maximum atomic E-state index is 5.93. The van der Waals surface area contributed by atoms with E-state index in [1.165, 1.54) is 0 Å². The summed E-state index contributed by atoms with van der Waals surface area (Å²) in [6.07, 6.45) is 0.856. The summed E-state index contributed by atoms with van der Waals surface area (Å²) in [4.78, 5) is 2.17. The molecular weight excluding hydrogens is 240 g/mol. The number of nitrogens with zero attached hydrogens (tertiary/aromatic N) is 1. The summed E-state index contributed by atoms with van der Waals surface area (Å²) in [5.41, 5.74) is 6.78. The Balaban J connectivity index is 2.92. The molecule has 2 N–H and O–H groups in total. The average molecular weight is 266 g/mol. The molecule has 0 heterocycles. The Morgan fingerprint density at radius 1 is 1.26 bits per heavy atom. The molecule has 0 aliphatic carbocycles. The van der Waals surface area contributed by atoms with Crippen molar-refractivity contribution in [3.63, 3.8) is 0 Å². The number of ether oxygens (including phenoxy) is 2. The van der Waals surface area contributed by atoms with Crippen LogP contribution in [0.2, 0.25) is 0 Å². The first kappa shape index (κ1) is 15.8. The molecule has 1 atom stereocenters. The minimum atomic E-state index is -0.194. The molecule has 0 radical (unpaired) electrons. The second-order valence-electron chi connectivity index (χ2n) is 5.34. The summed E-state index contributed by atoms with van der Waals surface area (Å²) in [6.45, 7) is 4.72. The second-order valence-corrected chi connectivity index (χ2v) is 5.34. The van der Waals surface area contributed by atoms with Crippen LogP contribution in [-0.2, 0) is 4.74 Å². The van der Waals surface area contributed by atoms with Crippen molar-refractivity contribution in [1.29, 1.82) is 0 Å². The highest BCUT2D eigenvalue weighted by Crippen LogP contribution is 2.30. The van der Waals surface area contributed by atoms with Gasteiger partial charge in [0, 0.05) is 26.7 Å². The quantitative estimate of drug-likeness (QED) is 0.822. The van der Waals surface area contributed by atoms with Crippen molar-refractivity contribution in [3.05, 3.63) is 24.3 Å². The highest BCUT2D eigenvalue weighted by Gasteiger charge is 2.25. The summed E-state index contributed by atoms with van der Waals surface area (Å²) in [6, 6.07) is 8.17. The fraction of sp³-hybridized carbons (Fsp3) is 0.600. The van der Waals surface area contributed by atoms with Crippen LogP contribution >= 0.6 is 0 Å². The molecule has 4 heteroatoms. The Bertz CT molecular complexity index is 393. The predicted molar refractivity (Wildman–Crippen MR) is 79.9 cm³/mol. The lowest BCUT2D eigenvalue weighted by Gasteiger charge is -2.35. The Labute approximate surface area is 116 Å². The average Bonchev–Trinajstić information content (AvgIpc) is 2.44. The molecule has 108 valence electrons. The number of methoxy groups -OCH3 is 2. The number of nitrogens with two attached hydrogens (primary N) is 1. The number of likely N-dealkylation sites (N-methyl/N-ethyl adjacent to an activating group) is 1. The fourth-order valence-corrected chi connectivity index (χ4v) is 2.15. The maximum absolute atomic E-state index is 5.93. The van der Waals surface area contributed by atoms with Crippen molar-refractivity contribution >= 4 is 5.69 Å². The van der Waals surface area contributed by atoms with Gasteiger partial charge in [-0.25, -0.2) is 0 Å². The smallest absolute Gasteiger partial charge is 0.142 e. The summed E-state index contributed by atoms with van der Waals surface area (Å²) in [5, 5.41) is 0. The molecule has 0 aromatic heterocycles. The van der Waals surface area contributed by atoms with Gasteiger partial charge < -0.3 is 20.1 Å². The van der Waals surface area contributed by atoms with Crippen LogP contribution in [0.15, 0.2) is 24.3 Å². The van der Waals surface area contributed by atoms with E-state index in [2.05, 4.69) is 18.7 Å². The third kappa shape index (κ3) is 4.11. The van der Waals surface area contributed by atoms with Crippen LogP contribution in [0, 0.1) is 0 Å². The number of anilines is 1. The van der Waals surface area contributed by atoms with Gasteiger partial charge in [0.15, 0.2) is 0 Å². The number of para-hydroxylation sites is 2. The minimum Gasteiger partial charge on any atom is -0.495 e. The summed E-state index contributed by atoms with van der Waals surface area (Å²) >= 11 is 0. The van der Waals surface area contributed by atoms with Gasteiger partial charge in [0.2, 0.25) is 0 Å². The van der Waals surface area contributed by atoms with Crippen molar-refractivity contribution < 1.29 is 9.47 Å². The van der Waals surface area contributed by atoms with Gasteiger partial charge in [-0.2, -0.15) is 0 Å². The second kappa shape index (κ2) is 6.78. The Hall–Kier alpha value is -1.26. The lowest BCUT2D eigenvalue weighted by molar-refractivity contribution is 0.0104. The molecule has 0 bridgehead atoms. The number of hydrogen-bond donors (Lipinski definition) is 1. The summed E-state index contributed by atoms with van der Waals surface area (Å²) < 4.78 is 10.9. The Morgan fingerprint density at radius 2 is 1.89 bits per heavy atom. The molecule has 1 aromatic rings. The van der Waals surface area contributed by atoms with E-state index in [0.717, 1.165) is 17.9 Å². The van der Waals surface area contributed by atoms with Crippen LogP contribution in [0.3, 0.4) is 0 Å². The molecule has 0 saturated carbocycles. The van der Waals surface area contributed by atoms with Gasteiger partial charge in [0.05, 0.1) is 18.4 Å². The molecular formula is C15H26N2O2. The van der Waals surface area contributed by atoms with E-state index < -0.39 is 0 Å². The first-order chi connectivity index (χ1) is 8.95. The molecule has 1 aromatic carbocycles. The van der Waals surface area contributed by atoms with Gasteiger partial charge in [-0.15, -0.1) is 0 Å². The van der Waals surface area contributed by atoms with E-state index in [4.69, 9.17) is 15.2 Å². The Kier molecular flexibility index (Phi) is 5.63. The molecule has 0 amide bonds. The SMILES string of the molecule is COc1ccccc1N(C)C(CN)CC(C)(C)OC. The van der Waals surface area contributed by atoms with Crippen molar-refractivity contribution in [1.82, 2.24) is 0 Å². The molecule has 4 nitrogen and oxygen atoms in total. The van der Waals surface area contributed by atoms with Gasteiger partial charge in [-0.3, -0.25) is 0 Å². The van der Waals surface area contributed by atoms with Crippen molar-refractivity contribution in [2.45, 2.75) is 31.9 Å². The van der Waals surface area contributed by atoms with Crippen LogP contribution in [0.4, 0.5) is 5.69 Å². The van der Waals surface area contributed by atoms with Crippen molar-refractivity contribution in [3.8, 4) is 5.75 Å². The molecule has 1 unspecified atom stereocenters. The van der Waals surface area contributed by atoms with E-state index in [1.54, 1.807) is 14.2 Å². The standard InChI is InChI=1S/C15H26N2O2/c1-15(2,19-5)10-12(11-16)17(3)13-8-6-7-9-14(13)18-4/h6-9,12H,10-11,16H2,1-5H3. The maximum Gasteiger partial charge on any atom is 0.142 e. The van der Waals surface area contributed by atoms with Crippen LogP contribution in [0.25, 0.3) is 0 Å². The van der Waals surface area contributed by atoms with Gasteiger partial charge in [0.1, 0.15) is 5.75 Å². The van der Waals surface area contributed by atoms with Crippen LogP contribution in [0.5, 0.6) is 5.75 Å². The first-order valence-corrected chi connectivity index (χ1v) is 6.56. The van der Waals surface area contributed by atoms with Crippen LogP contribution in [0.1, 0.15) is 20.3 Å². The molecule has 0 saturated heterocycles. The Morgan fingerprint density at radius 3 is 2.42 bits per heavy atom. The molecule has 0 fully saturated rings. The first-order valence-electron chi connectivity index (χ1n) is 6.56. The van der Waals surface area contributed by atoms with E-state index in [0.29, 0.717) is 6.54 Å². The molecule has 0 aliphatic rings. The summed E-state index contributed by atoms with van der Waals surface area (Å²) in [7, 11) is 5.46. The largest absolute Gasteiger partial charge is 0.495 e. The number of rotatable bonds is 7. The molecule has 19 heavy (non-hydrogen) atoms. The zero-order chi connectivity index (χ0) is 14.5. The van der Waals surface area contributed by atoms with Crippen LogP contribution < -0.4 is 15.4 Å². The molecule has 0 spiro atoms. The van der Waals surface area contributed by atoms with E-state index >= 15 is 0 Å². The van der Waals surface area contributed by atoms with Crippen LogP contribution in [-0.4, -0.2) is 39.5 Å². The number of hydrogen-bond acceptors (Lipinski definition) is 4. The summed E-state index contributed by atoms with van der Waals surface area (Å²) in [5.74, 6) is 0.860. The minimum absolute atomic E-state index is 0.194. The van der Waals surface area contributed by atoms with Crippen molar-refractivity contribution in [2.24, 2.45) is 5.73 Å². The lowest BCUT2D eigenvalue weighted by Crippen LogP contribution is -2.43. The topological polar surface area (TPSA) is 47.7 Å². The third-order valence-corrected chi connectivity index (χ3v) is 3.56. The third-order valence-electron chi connectivity index (χ3n) is 3.56. The zero-order valence-electron chi connectivity index (χ0n) is 12.6. The highest BCUT2D eigenvalue weighted by atomic mass is 16.5. The lowest BCUT2D eigenvalue weighted by atomic mass is 9.97. The molecule has 1 rings (SSSR count). The monoisotopic (exact) mass is 266 g/mol. The normalized spacial score (nSPS) is 13.2. The van der Waals surface area contributed by atoms with E-state index in [-0.39, 0.29) is 11.6 Å². The fourth-order valence-electron chi connectivity index (χ4n) is 2.15. The van der Waals surface area contributed by atoms with Gasteiger partial charge in [-0.05, 0) is 32.4 Å². The van der Waals surface area contributed by atoms with Gasteiger partial charge in [0.25, 0.3) is 0 Å². The predicted octanol–water partition coefficient (Wildman–Crippen LogP) is 2.27. The van der Waals surface area contributed by atoms with E-state index in [1.807, 2.05) is 31.3 Å². The zero-order valence-corrected chi connectivity index (χ0v) is 12.6. The number of benzene rings is 1. The van der Waals surface area contributed by atoms with Gasteiger partial charge in [-0.1, -0.05) is 12.1 Å². The van der Waals surface area contributed by atoms with E-state index in [9.17, 15) is 0 Å².